The molecule has 0 radical (unpaired) electrons. The first-order chi connectivity index (χ1) is 10.7. The highest BCUT2D eigenvalue weighted by Gasteiger charge is 2.22. The summed E-state index contributed by atoms with van der Waals surface area (Å²) in [7, 11) is 0. The second kappa shape index (κ2) is 7.09. The number of benzene rings is 1. The molecule has 22 heavy (non-hydrogen) atoms. The molecule has 1 heterocycles. The number of rotatable bonds is 4. The van der Waals surface area contributed by atoms with Crippen molar-refractivity contribution in [3.8, 4) is 0 Å². The summed E-state index contributed by atoms with van der Waals surface area (Å²) in [5, 5.41) is 5.06. The van der Waals surface area contributed by atoms with Crippen molar-refractivity contribution in [2.45, 2.75) is 43.7 Å². The predicted molar refractivity (Wildman–Crippen MR) is 89.8 cm³/mol. The molecular weight excluding hydrogens is 294 g/mol. The number of thioether (sulfide) groups is 1. The SMILES string of the molecule is C[C@H]1CCCC[C@@H]1NC(=O)CSc1ncnc2ccccc12. The minimum Gasteiger partial charge on any atom is -0.352 e. The third-order valence-corrected chi connectivity index (χ3v) is 5.31. The average Bonchev–Trinajstić information content (AvgIpc) is 2.55. The van der Waals surface area contributed by atoms with E-state index in [0.717, 1.165) is 22.3 Å². The Morgan fingerprint density at radius 1 is 1.27 bits per heavy atom. The number of hydrogen-bond acceptors (Lipinski definition) is 4. The van der Waals surface area contributed by atoms with Crippen LogP contribution in [0.15, 0.2) is 35.6 Å². The quantitative estimate of drug-likeness (QED) is 0.694. The van der Waals surface area contributed by atoms with Crippen molar-refractivity contribution in [2.75, 3.05) is 5.75 Å². The molecule has 1 aromatic carbocycles. The van der Waals surface area contributed by atoms with Crippen LogP contribution < -0.4 is 5.32 Å². The molecule has 2 atom stereocenters. The van der Waals surface area contributed by atoms with Gasteiger partial charge in [0, 0.05) is 11.4 Å². The van der Waals surface area contributed by atoms with Gasteiger partial charge in [-0.2, -0.15) is 0 Å². The van der Waals surface area contributed by atoms with Crippen molar-refractivity contribution in [2.24, 2.45) is 5.92 Å². The Morgan fingerprint density at radius 3 is 2.95 bits per heavy atom. The van der Waals surface area contributed by atoms with E-state index >= 15 is 0 Å². The first-order valence-corrected chi connectivity index (χ1v) is 8.84. The van der Waals surface area contributed by atoms with Crippen LogP contribution in [0.4, 0.5) is 0 Å². The van der Waals surface area contributed by atoms with Crippen LogP contribution in [0, 0.1) is 5.92 Å². The van der Waals surface area contributed by atoms with E-state index < -0.39 is 0 Å². The van der Waals surface area contributed by atoms with Crippen molar-refractivity contribution in [1.29, 1.82) is 0 Å². The fourth-order valence-electron chi connectivity index (χ4n) is 3.01. The third-order valence-electron chi connectivity index (χ3n) is 4.30. The van der Waals surface area contributed by atoms with Gasteiger partial charge in [0.1, 0.15) is 11.4 Å². The van der Waals surface area contributed by atoms with Crippen molar-refractivity contribution in [1.82, 2.24) is 15.3 Å². The molecular formula is C17H21N3OS. The number of fused-ring (bicyclic) bond motifs is 1. The summed E-state index contributed by atoms with van der Waals surface area (Å²) in [5.74, 6) is 1.10. The zero-order valence-corrected chi connectivity index (χ0v) is 13.6. The molecule has 1 saturated carbocycles. The lowest BCUT2D eigenvalue weighted by molar-refractivity contribution is -0.119. The Balaban J connectivity index is 1.60. The smallest absolute Gasteiger partial charge is 0.230 e. The summed E-state index contributed by atoms with van der Waals surface area (Å²) in [6.07, 6.45) is 6.39. The van der Waals surface area contributed by atoms with Crippen LogP contribution in [0.1, 0.15) is 32.6 Å². The Bertz CT molecular complexity index is 656. The second-order valence-electron chi connectivity index (χ2n) is 5.92. The van der Waals surface area contributed by atoms with Crippen LogP contribution in [0.5, 0.6) is 0 Å². The highest BCUT2D eigenvalue weighted by Crippen LogP contribution is 2.25. The fourth-order valence-corrected chi connectivity index (χ4v) is 3.81. The minimum atomic E-state index is 0.103. The van der Waals surface area contributed by atoms with E-state index in [4.69, 9.17) is 0 Å². The molecule has 0 saturated heterocycles. The van der Waals surface area contributed by atoms with E-state index in [1.807, 2.05) is 24.3 Å². The van der Waals surface area contributed by atoms with Gasteiger partial charge in [0.2, 0.25) is 5.91 Å². The Hall–Kier alpha value is -1.62. The number of amides is 1. The number of carbonyl (C=O) groups is 1. The molecule has 1 fully saturated rings. The molecule has 4 nitrogen and oxygen atoms in total. The van der Waals surface area contributed by atoms with E-state index in [2.05, 4.69) is 22.2 Å². The molecule has 1 N–H and O–H groups in total. The van der Waals surface area contributed by atoms with Gasteiger partial charge in [0.05, 0.1) is 11.3 Å². The van der Waals surface area contributed by atoms with E-state index in [1.54, 1.807) is 6.33 Å². The minimum absolute atomic E-state index is 0.103. The average molecular weight is 315 g/mol. The van der Waals surface area contributed by atoms with Crippen molar-refractivity contribution in [3.05, 3.63) is 30.6 Å². The molecule has 2 aromatic rings. The van der Waals surface area contributed by atoms with Crippen LogP contribution >= 0.6 is 11.8 Å². The van der Waals surface area contributed by atoms with Crippen molar-refractivity contribution < 1.29 is 4.79 Å². The van der Waals surface area contributed by atoms with E-state index in [9.17, 15) is 4.79 Å². The monoisotopic (exact) mass is 315 g/mol. The zero-order chi connectivity index (χ0) is 15.4. The first kappa shape index (κ1) is 15.3. The lowest BCUT2D eigenvalue weighted by Gasteiger charge is -2.29. The second-order valence-corrected chi connectivity index (χ2v) is 6.88. The zero-order valence-electron chi connectivity index (χ0n) is 12.8. The molecule has 5 heteroatoms. The van der Waals surface area contributed by atoms with Crippen LogP contribution in [0.25, 0.3) is 10.9 Å². The molecule has 1 amide bonds. The Labute approximate surface area is 135 Å². The molecule has 3 rings (SSSR count). The summed E-state index contributed by atoms with van der Waals surface area (Å²) in [4.78, 5) is 20.8. The summed E-state index contributed by atoms with van der Waals surface area (Å²) in [5.41, 5.74) is 0.918. The Kier molecular flexibility index (Phi) is 4.93. The Morgan fingerprint density at radius 2 is 2.09 bits per heavy atom. The lowest BCUT2D eigenvalue weighted by Crippen LogP contribution is -2.41. The van der Waals surface area contributed by atoms with Crippen LogP contribution in [-0.2, 0) is 4.79 Å². The maximum absolute atomic E-state index is 12.2. The van der Waals surface area contributed by atoms with E-state index in [-0.39, 0.29) is 5.91 Å². The largest absolute Gasteiger partial charge is 0.352 e. The van der Waals surface area contributed by atoms with Gasteiger partial charge in [-0.3, -0.25) is 4.79 Å². The number of hydrogen-bond donors (Lipinski definition) is 1. The normalized spacial score (nSPS) is 21.7. The fraction of sp³-hybridized carbons (Fsp3) is 0.471. The maximum Gasteiger partial charge on any atom is 0.230 e. The summed E-state index contributed by atoms with van der Waals surface area (Å²) in [6, 6.07) is 8.23. The topological polar surface area (TPSA) is 54.9 Å². The molecule has 0 bridgehead atoms. The van der Waals surface area contributed by atoms with Gasteiger partial charge >= 0.3 is 0 Å². The predicted octanol–water partition coefficient (Wildman–Crippen LogP) is 3.42. The summed E-state index contributed by atoms with van der Waals surface area (Å²) in [6.45, 7) is 2.23. The molecule has 1 aliphatic rings. The number of aromatic nitrogens is 2. The van der Waals surface area contributed by atoms with Gasteiger partial charge in [-0.05, 0) is 24.8 Å². The molecule has 1 aliphatic carbocycles. The van der Waals surface area contributed by atoms with Gasteiger partial charge in [-0.25, -0.2) is 9.97 Å². The van der Waals surface area contributed by atoms with Crippen molar-refractivity contribution >= 4 is 28.6 Å². The van der Waals surface area contributed by atoms with Crippen LogP contribution in [0.3, 0.4) is 0 Å². The molecule has 0 aliphatic heterocycles. The summed E-state index contributed by atoms with van der Waals surface area (Å²) < 4.78 is 0. The lowest BCUT2D eigenvalue weighted by atomic mass is 9.86. The number of carbonyl (C=O) groups excluding carboxylic acids is 1. The van der Waals surface area contributed by atoms with Gasteiger partial charge in [0.25, 0.3) is 0 Å². The number of para-hydroxylation sites is 1. The van der Waals surface area contributed by atoms with Crippen molar-refractivity contribution in [3.63, 3.8) is 0 Å². The first-order valence-electron chi connectivity index (χ1n) is 7.86. The summed E-state index contributed by atoms with van der Waals surface area (Å²) >= 11 is 1.48. The van der Waals surface area contributed by atoms with Gasteiger partial charge in [-0.1, -0.05) is 49.7 Å². The van der Waals surface area contributed by atoms with Gasteiger partial charge in [0.15, 0.2) is 0 Å². The molecule has 1 aromatic heterocycles. The van der Waals surface area contributed by atoms with Crippen LogP contribution in [-0.4, -0.2) is 27.7 Å². The highest BCUT2D eigenvalue weighted by atomic mass is 32.2. The van der Waals surface area contributed by atoms with Gasteiger partial charge in [-0.15, -0.1) is 0 Å². The van der Waals surface area contributed by atoms with Gasteiger partial charge < -0.3 is 5.32 Å². The maximum atomic E-state index is 12.2. The molecule has 0 unspecified atom stereocenters. The molecule has 0 spiro atoms. The third kappa shape index (κ3) is 3.58. The standard InChI is InChI=1S/C17H21N3OS/c1-12-6-2-4-8-14(12)20-16(21)10-22-17-13-7-3-5-9-15(13)18-11-19-17/h3,5,7,9,11-12,14H,2,4,6,8,10H2,1H3,(H,20,21)/t12-,14-/m0/s1. The van der Waals surface area contributed by atoms with E-state index in [0.29, 0.717) is 17.7 Å². The van der Waals surface area contributed by atoms with E-state index in [1.165, 1.54) is 31.0 Å². The van der Waals surface area contributed by atoms with Crippen LogP contribution in [0.2, 0.25) is 0 Å². The highest BCUT2D eigenvalue weighted by molar-refractivity contribution is 8.00. The molecule has 116 valence electrons. The number of nitrogens with zero attached hydrogens (tertiary/aromatic N) is 2. The number of nitrogens with one attached hydrogen (secondary N) is 1.